The van der Waals surface area contributed by atoms with Gasteiger partial charge < -0.3 is 14.8 Å². The van der Waals surface area contributed by atoms with E-state index in [2.05, 4.69) is 15.4 Å². The predicted molar refractivity (Wildman–Crippen MR) is 74.2 cm³/mol. The Morgan fingerprint density at radius 1 is 1.32 bits per heavy atom. The molecule has 0 saturated heterocycles. The third-order valence-corrected chi connectivity index (χ3v) is 2.28. The highest BCUT2D eigenvalue weighted by Crippen LogP contribution is 2.16. The van der Waals surface area contributed by atoms with Gasteiger partial charge in [0.05, 0.1) is 25.0 Å². The quantitative estimate of drug-likeness (QED) is 0.651. The monoisotopic (exact) mass is 282 g/mol. The molecule has 0 heterocycles. The third kappa shape index (κ3) is 4.55. The Labute approximate surface area is 116 Å². The Balaban J connectivity index is 2.80. The van der Waals surface area contributed by atoms with Crippen molar-refractivity contribution in [1.82, 2.24) is 5.32 Å². The summed E-state index contributed by atoms with van der Waals surface area (Å²) >= 11 is 4.91. The maximum absolute atomic E-state index is 11.7. The summed E-state index contributed by atoms with van der Waals surface area (Å²) < 4.78 is 9.32. The van der Waals surface area contributed by atoms with Gasteiger partial charge in [-0.3, -0.25) is 5.32 Å². The fourth-order valence-corrected chi connectivity index (χ4v) is 1.47. The fourth-order valence-electron chi connectivity index (χ4n) is 1.28. The molecule has 0 aliphatic heterocycles. The van der Waals surface area contributed by atoms with Crippen LogP contribution >= 0.6 is 12.2 Å². The van der Waals surface area contributed by atoms with E-state index in [1.807, 2.05) is 0 Å². The molecule has 0 bridgehead atoms. The molecule has 0 aliphatic rings. The molecule has 6 nitrogen and oxygen atoms in total. The van der Waals surface area contributed by atoms with Crippen LogP contribution in [0.2, 0.25) is 0 Å². The number of carbonyl (C=O) groups is 2. The van der Waals surface area contributed by atoms with Crippen molar-refractivity contribution in [2.75, 3.05) is 19.0 Å². The molecule has 1 amide bonds. The molecule has 1 aromatic rings. The zero-order valence-electron chi connectivity index (χ0n) is 10.6. The molecule has 0 aromatic heterocycles. The van der Waals surface area contributed by atoms with Crippen molar-refractivity contribution in [2.24, 2.45) is 0 Å². The van der Waals surface area contributed by atoms with E-state index in [9.17, 15) is 9.59 Å². The number of nitrogens with one attached hydrogen (secondary N) is 2. The summed E-state index contributed by atoms with van der Waals surface area (Å²) in [5, 5.41) is 5.05. The van der Waals surface area contributed by atoms with Gasteiger partial charge >= 0.3 is 12.1 Å². The van der Waals surface area contributed by atoms with Crippen molar-refractivity contribution in [2.45, 2.75) is 6.92 Å². The minimum Gasteiger partial charge on any atom is -0.462 e. The molecule has 7 heteroatoms. The van der Waals surface area contributed by atoms with Crippen LogP contribution in [0.4, 0.5) is 10.5 Å². The van der Waals surface area contributed by atoms with E-state index in [1.165, 1.54) is 7.11 Å². The zero-order chi connectivity index (χ0) is 14.3. The normalized spacial score (nSPS) is 9.37. The third-order valence-electron chi connectivity index (χ3n) is 2.07. The molecule has 1 aromatic carbocycles. The van der Waals surface area contributed by atoms with Gasteiger partial charge in [-0.2, -0.15) is 0 Å². The van der Waals surface area contributed by atoms with Crippen molar-refractivity contribution in [3.63, 3.8) is 0 Å². The van der Waals surface area contributed by atoms with Crippen LogP contribution < -0.4 is 10.6 Å². The number of hydrogen-bond acceptors (Lipinski definition) is 5. The van der Waals surface area contributed by atoms with Crippen molar-refractivity contribution in [1.29, 1.82) is 0 Å². The van der Waals surface area contributed by atoms with Crippen molar-refractivity contribution in [3.8, 4) is 0 Å². The van der Waals surface area contributed by atoms with Crippen LogP contribution in [0.5, 0.6) is 0 Å². The number of alkyl carbamates (subject to hydrolysis) is 1. The maximum atomic E-state index is 11.7. The highest BCUT2D eigenvalue weighted by molar-refractivity contribution is 7.80. The lowest BCUT2D eigenvalue weighted by Crippen LogP contribution is -2.34. The van der Waals surface area contributed by atoms with Gasteiger partial charge in [-0.1, -0.05) is 12.1 Å². The summed E-state index contributed by atoms with van der Waals surface area (Å²) in [5.41, 5.74) is 0.778. The second kappa shape index (κ2) is 7.32. The number of esters is 1. The van der Waals surface area contributed by atoms with Crippen molar-refractivity contribution >= 4 is 35.1 Å². The summed E-state index contributed by atoms with van der Waals surface area (Å²) in [6.07, 6.45) is -0.689. The summed E-state index contributed by atoms with van der Waals surface area (Å²) in [5.74, 6) is -0.466. The first-order valence-electron chi connectivity index (χ1n) is 5.50. The van der Waals surface area contributed by atoms with Crippen LogP contribution in [-0.2, 0) is 9.47 Å². The van der Waals surface area contributed by atoms with Gasteiger partial charge in [-0.05, 0) is 31.3 Å². The smallest absolute Gasteiger partial charge is 0.413 e. The van der Waals surface area contributed by atoms with Crippen LogP contribution in [0.1, 0.15) is 17.3 Å². The van der Waals surface area contributed by atoms with Crippen LogP contribution in [-0.4, -0.2) is 30.9 Å². The van der Waals surface area contributed by atoms with Gasteiger partial charge in [0.25, 0.3) is 0 Å². The van der Waals surface area contributed by atoms with Gasteiger partial charge in [-0.25, -0.2) is 9.59 Å². The number of thiocarbonyl (C=S) groups is 1. The maximum Gasteiger partial charge on any atom is 0.413 e. The van der Waals surface area contributed by atoms with Crippen molar-refractivity contribution in [3.05, 3.63) is 29.8 Å². The zero-order valence-corrected chi connectivity index (χ0v) is 11.4. The number of methoxy groups -OCH3 is 1. The molecule has 102 valence electrons. The molecular formula is C12H14N2O4S. The minimum atomic E-state index is -0.689. The van der Waals surface area contributed by atoms with Gasteiger partial charge in [0.1, 0.15) is 0 Å². The molecule has 19 heavy (non-hydrogen) atoms. The van der Waals surface area contributed by atoms with Gasteiger partial charge in [0.2, 0.25) is 0 Å². The molecule has 0 aliphatic carbocycles. The molecule has 0 unspecified atom stereocenters. The highest BCUT2D eigenvalue weighted by atomic mass is 32.1. The number of amides is 1. The number of rotatable bonds is 3. The van der Waals surface area contributed by atoms with Crippen LogP contribution in [0.3, 0.4) is 0 Å². The Bertz CT molecular complexity index is 490. The largest absolute Gasteiger partial charge is 0.462 e. The van der Waals surface area contributed by atoms with E-state index in [4.69, 9.17) is 17.0 Å². The number of benzene rings is 1. The average Bonchev–Trinajstić information content (AvgIpc) is 2.39. The van der Waals surface area contributed by atoms with Crippen molar-refractivity contribution < 1.29 is 19.1 Å². The Kier molecular flexibility index (Phi) is 5.74. The molecule has 1 rings (SSSR count). The molecular weight excluding hydrogens is 268 g/mol. The number of hydrogen-bond donors (Lipinski definition) is 2. The summed E-state index contributed by atoms with van der Waals surface area (Å²) in [6.45, 7) is 2.00. The summed E-state index contributed by atoms with van der Waals surface area (Å²) in [4.78, 5) is 22.7. The van der Waals surface area contributed by atoms with Gasteiger partial charge in [0, 0.05) is 0 Å². The van der Waals surface area contributed by atoms with E-state index in [-0.39, 0.29) is 11.7 Å². The first-order valence-corrected chi connectivity index (χ1v) is 5.91. The number of carbonyl (C=O) groups excluding carboxylic acids is 2. The highest BCUT2D eigenvalue weighted by Gasteiger charge is 2.13. The summed E-state index contributed by atoms with van der Waals surface area (Å²) in [6, 6.07) is 6.68. The molecule has 0 atom stereocenters. The second-order valence-corrected chi connectivity index (χ2v) is 3.75. The van der Waals surface area contributed by atoms with E-state index < -0.39 is 12.1 Å². The van der Waals surface area contributed by atoms with E-state index in [0.29, 0.717) is 11.3 Å². The van der Waals surface area contributed by atoms with Crippen LogP contribution in [0.15, 0.2) is 24.3 Å². The van der Waals surface area contributed by atoms with Crippen LogP contribution in [0.25, 0.3) is 0 Å². The number of anilines is 1. The lowest BCUT2D eigenvalue weighted by atomic mass is 10.2. The van der Waals surface area contributed by atoms with Crippen LogP contribution in [0, 0.1) is 0 Å². The van der Waals surface area contributed by atoms with E-state index >= 15 is 0 Å². The predicted octanol–water partition coefficient (Wildman–Crippen LogP) is 1.92. The molecule has 0 spiro atoms. The number of para-hydroxylation sites is 1. The van der Waals surface area contributed by atoms with Gasteiger partial charge in [0.15, 0.2) is 5.11 Å². The minimum absolute atomic E-state index is 0.0311. The molecule has 2 N–H and O–H groups in total. The molecule has 0 fully saturated rings. The first kappa shape index (κ1) is 14.9. The lowest BCUT2D eigenvalue weighted by Gasteiger charge is -2.12. The second-order valence-electron chi connectivity index (χ2n) is 3.34. The fraction of sp³-hybridized carbons (Fsp3) is 0.250. The number of ether oxygens (including phenoxy) is 2. The van der Waals surface area contributed by atoms with E-state index in [1.54, 1.807) is 31.2 Å². The molecule has 0 saturated carbocycles. The lowest BCUT2D eigenvalue weighted by molar-refractivity contribution is 0.0527. The molecule has 0 radical (unpaired) electrons. The SMILES string of the molecule is CCOC(=O)c1ccccc1NC(=S)NC(=O)OC. The standard InChI is InChI=1S/C12H14N2O4S/c1-3-18-10(15)8-6-4-5-7-9(8)13-11(19)14-12(16)17-2/h4-7H,3H2,1-2H3,(H2,13,14,16,19). The van der Waals surface area contributed by atoms with Gasteiger partial charge in [-0.15, -0.1) is 0 Å². The Morgan fingerprint density at radius 3 is 2.63 bits per heavy atom. The first-order chi connectivity index (χ1) is 9.08. The topological polar surface area (TPSA) is 76.7 Å². The summed E-state index contributed by atoms with van der Waals surface area (Å²) in [7, 11) is 1.23. The van der Waals surface area contributed by atoms with E-state index in [0.717, 1.165) is 0 Å². The average molecular weight is 282 g/mol. The Hall–Kier alpha value is -2.15. The Morgan fingerprint density at radius 2 is 2.00 bits per heavy atom.